The maximum absolute atomic E-state index is 13.8. The summed E-state index contributed by atoms with van der Waals surface area (Å²) in [5, 5.41) is 2.88. The minimum atomic E-state index is -0.537. The molecule has 1 saturated heterocycles. The van der Waals surface area contributed by atoms with Gasteiger partial charge in [-0.15, -0.1) is 0 Å². The van der Waals surface area contributed by atoms with Crippen molar-refractivity contribution in [2.24, 2.45) is 0 Å². The molecule has 0 saturated carbocycles. The summed E-state index contributed by atoms with van der Waals surface area (Å²) >= 11 is 0. The van der Waals surface area contributed by atoms with Gasteiger partial charge in [0.1, 0.15) is 0 Å². The fourth-order valence-electron chi connectivity index (χ4n) is 3.15. The largest absolute Gasteiger partial charge is 0.494 e. The first-order valence-corrected chi connectivity index (χ1v) is 8.58. The zero-order valence-corrected chi connectivity index (χ0v) is 14.4. The minimum Gasteiger partial charge on any atom is -0.494 e. The number of carbonyl (C=O) groups excluding carboxylic acids is 1. The van der Waals surface area contributed by atoms with E-state index in [1.54, 1.807) is 6.07 Å². The number of likely N-dealkylation sites (tertiary alicyclic amines) is 1. The number of nitrogens with one attached hydrogen (secondary N) is 1. The number of hydrogen-bond acceptors (Lipinski definition) is 3. The number of ether oxygens (including phenoxy) is 1. The molecule has 2 aromatic carbocycles. The summed E-state index contributed by atoms with van der Waals surface area (Å²) in [6.07, 6.45) is 2.50. The molecular formula is C20H23FN2O2. The predicted octanol–water partition coefficient (Wildman–Crippen LogP) is 3.36. The lowest BCUT2D eigenvalue weighted by Crippen LogP contribution is -2.25. The molecule has 3 rings (SSSR count). The molecule has 132 valence electrons. The summed E-state index contributed by atoms with van der Waals surface area (Å²) in [5.41, 5.74) is 2.61. The maximum Gasteiger partial charge on any atom is 0.251 e. The van der Waals surface area contributed by atoms with Crippen molar-refractivity contribution in [1.29, 1.82) is 0 Å². The van der Waals surface area contributed by atoms with Crippen LogP contribution in [0.15, 0.2) is 42.5 Å². The molecule has 0 atom stereocenters. The molecule has 1 aliphatic heterocycles. The van der Waals surface area contributed by atoms with E-state index in [2.05, 4.69) is 16.3 Å². The highest BCUT2D eigenvalue weighted by Crippen LogP contribution is 2.18. The molecule has 1 heterocycles. The monoisotopic (exact) mass is 342 g/mol. The van der Waals surface area contributed by atoms with Gasteiger partial charge in [0.25, 0.3) is 5.91 Å². The van der Waals surface area contributed by atoms with E-state index in [-0.39, 0.29) is 17.2 Å². The molecule has 0 spiro atoms. The molecule has 0 unspecified atom stereocenters. The Bertz CT molecular complexity index is 742. The first-order chi connectivity index (χ1) is 12.2. The molecule has 2 aromatic rings. The topological polar surface area (TPSA) is 41.6 Å². The molecule has 1 fully saturated rings. The number of carbonyl (C=O) groups is 1. The van der Waals surface area contributed by atoms with E-state index in [1.165, 1.54) is 37.6 Å². The standard InChI is InChI=1S/C20H23FN2O2/c1-25-19-9-8-15(12-18(19)21)20(24)22-13-16-6-2-3-7-17(16)14-23-10-4-5-11-23/h2-3,6-9,12H,4-5,10-11,13-14H2,1H3,(H,22,24). The molecule has 4 nitrogen and oxygen atoms in total. The van der Waals surface area contributed by atoms with Crippen LogP contribution >= 0.6 is 0 Å². The lowest BCUT2D eigenvalue weighted by atomic mass is 10.1. The summed E-state index contributed by atoms with van der Waals surface area (Å²) in [4.78, 5) is 14.7. The van der Waals surface area contributed by atoms with Crippen LogP contribution in [0.2, 0.25) is 0 Å². The van der Waals surface area contributed by atoms with Crippen molar-refractivity contribution in [3.63, 3.8) is 0 Å². The summed E-state index contributed by atoms with van der Waals surface area (Å²) in [6.45, 7) is 3.59. The number of methoxy groups -OCH3 is 1. The fourth-order valence-corrected chi connectivity index (χ4v) is 3.15. The van der Waals surface area contributed by atoms with Crippen LogP contribution < -0.4 is 10.1 Å². The number of nitrogens with zero attached hydrogens (tertiary/aromatic N) is 1. The van der Waals surface area contributed by atoms with Crippen LogP contribution in [0.1, 0.15) is 34.3 Å². The molecule has 0 bridgehead atoms. The predicted molar refractivity (Wildman–Crippen MR) is 95.1 cm³/mol. The van der Waals surface area contributed by atoms with Gasteiger partial charge in [0.15, 0.2) is 11.6 Å². The Kier molecular flexibility index (Phi) is 5.66. The van der Waals surface area contributed by atoms with Crippen LogP contribution in [-0.2, 0) is 13.1 Å². The van der Waals surface area contributed by atoms with Crippen molar-refractivity contribution in [2.75, 3.05) is 20.2 Å². The molecular weight excluding hydrogens is 319 g/mol. The zero-order chi connectivity index (χ0) is 17.6. The molecule has 0 aliphatic carbocycles. The Morgan fingerprint density at radius 1 is 1.16 bits per heavy atom. The number of benzene rings is 2. The highest BCUT2D eigenvalue weighted by Gasteiger charge is 2.14. The van der Waals surface area contributed by atoms with Crippen molar-refractivity contribution in [2.45, 2.75) is 25.9 Å². The maximum atomic E-state index is 13.8. The lowest BCUT2D eigenvalue weighted by molar-refractivity contribution is 0.0950. The normalized spacial score (nSPS) is 14.5. The van der Waals surface area contributed by atoms with Crippen molar-refractivity contribution in [1.82, 2.24) is 10.2 Å². The highest BCUT2D eigenvalue weighted by atomic mass is 19.1. The van der Waals surface area contributed by atoms with Gasteiger partial charge in [0.2, 0.25) is 0 Å². The number of amides is 1. The van der Waals surface area contributed by atoms with Crippen LogP contribution in [-0.4, -0.2) is 31.0 Å². The van der Waals surface area contributed by atoms with Gasteiger partial charge in [0.05, 0.1) is 7.11 Å². The van der Waals surface area contributed by atoms with Gasteiger partial charge in [-0.05, 0) is 55.3 Å². The summed E-state index contributed by atoms with van der Waals surface area (Å²) in [7, 11) is 1.40. The zero-order valence-electron chi connectivity index (χ0n) is 14.4. The van der Waals surface area contributed by atoms with E-state index >= 15 is 0 Å². The lowest BCUT2D eigenvalue weighted by Gasteiger charge is -2.17. The third-order valence-corrected chi connectivity index (χ3v) is 4.56. The Morgan fingerprint density at radius 3 is 2.56 bits per heavy atom. The number of halogens is 1. The van der Waals surface area contributed by atoms with Crippen molar-refractivity contribution in [3.05, 3.63) is 65.0 Å². The van der Waals surface area contributed by atoms with Gasteiger partial charge in [-0.3, -0.25) is 9.69 Å². The Morgan fingerprint density at radius 2 is 1.88 bits per heavy atom. The SMILES string of the molecule is COc1ccc(C(=O)NCc2ccccc2CN2CCCC2)cc1F. The van der Waals surface area contributed by atoms with E-state index in [1.807, 2.05) is 18.2 Å². The van der Waals surface area contributed by atoms with Gasteiger partial charge in [-0.2, -0.15) is 0 Å². The second-order valence-electron chi connectivity index (χ2n) is 6.28. The summed E-state index contributed by atoms with van der Waals surface area (Å²) in [6, 6.07) is 12.4. The average Bonchev–Trinajstić information content (AvgIpc) is 3.13. The van der Waals surface area contributed by atoms with Crippen molar-refractivity contribution in [3.8, 4) is 5.75 Å². The third kappa shape index (κ3) is 4.37. The molecule has 1 amide bonds. The minimum absolute atomic E-state index is 0.132. The van der Waals surface area contributed by atoms with E-state index in [0.717, 1.165) is 25.2 Å². The second kappa shape index (κ2) is 8.12. The first kappa shape index (κ1) is 17.4. The summed E-state index contributed by atoms with van der Waals surface area (Å²) < 4.78 is 18.6. The van der Waals surface area contributed by atoms with Crippen LogP contribution in [0.4, 0.5) is 4.39 Å². The molecule has 1 N–H and O–H groups in total. The first-order valence-electron chi connectivity index (χ1n) is 8.58. The van der Waals surface area contributed by atoms with Gasteiger partial charge in [0, 0.05) is 18.7 Å². The van der Waals surface area contributed by atoms with Crippen LogP contribution in [0, 0.1) is 5.82 Å². The fraction of sp³-hybridized carbons (Fsp3) is 0.350. The molecule has 1 aliphatic rings. The van der Waals surface area contributed by atoms with E-state index in [0.29, 0.717) is 6.54 Å². The van der Waals surface area contributed by atoms with E-state index < -0.39 is 5.82 Å². The number of hydrogen-bond donors (Lipinski definition) is 1. The van der Waals surface area contributed by atoms with Gasteiger partial charge in [-0.1, -0.05) is 24.3 Å². The molecule has 25 heavy (non-hydrogen) atoms. The smallest absolute Gasteiger partial charge is 0.251 e. The van der Waals surface area contributed by atoms with E-state index in [9.17, 15) is 9.18 Å². The van der Waals surface area contributed by atoms with Gasteiger partial charge >= 0.3 is 0 Å². The Labute approximate surface area is 147 Å². The molecule has 5 heteroatoms. The van der Waals surface area contributed by atoms with Crippen molar-refractivity contribution < 1.29 is 13.9 Å². The Balaban J connectivity index is 1.64. The third-order valence-electron chi connectivity index (χ3n) is 4.56. The van der Waals surface area contributed by atoms with Crippen LogP contribution in [0.5, 0.6) is 5.75 Å². The van der Waals surface area contributed by atoms with Gasteiger partial charge < -0.3 is 10.1 Å². The second-order valence-corrected chi connectivity index (χ2v) is 6.28. The van der Waals surface area contributed by atoms with E-state index in [4.69, 9.17) is 4.74 Å². The number of rotatable bonds is 6. The molecule has 0 radical (unpaired) electrons. The highest BCUT2D eigenvalue weighted by molar-refractivity contribution is 5.94. The Hall–Kier alpha value is -2.40. The van der Waals surface area contributed by atoms with Crippen LogP contribution in [0.25, 0.3) is 0 Å². The quantitative estimate of drug-likeness (QED) is 0.875. The average molecular weight is 342 g/mol. The summed E-state index contributed by atoms with van der Waals surface area (Å²) in [5.74, 6) is -0.699. The molecule has 0 aromatic heterocycles. The van der Waals surface area contributed by atoms with Crippen LogP contribution in [0.3, 0.4) is 0 Å². The van der Waals surface area contributed by atoms with Crippen molar-refractivity contribution >= 4 is 5.91 Å². The van der Waals surface area contributed by atoms with Gasteiger partial charge in [-0.25, -0.2) is 4.39 Å².